The summed E-state index contributed by atoms with van der Waals surface area (Å²) in [6.07, 6.45) is 4.26. The van der Waals surface area contributed by atoms with Crippen molar-refractivity contribution in [2.75, 3.05) is 33.7 Å². The Morgan fingerprint density at radius 1 is 1.20 bits per heavy atom. The molecular weight excluding hydrogens is 246 g/mol. The minimum atomic E-state index is 0.477. The fraction of sp³-hybridized carbons (Fsp3) is 0.588. The Morgan fingerprint density at radius 3 is 2.55 bits per heavy atom. The lowest BCUT2D eigenvalue weighted by Gasteiger charge is -2.37. The van der Waals surface area contributed by atoms with E-state index in [1.807, 2.05) is 0 Å². The third-order valence-corrected chi connectivity index (χ3v) is 4.63. The van der Waals surface area contributed by atoms with Gasteiger partial charge in [0.2, 0.25) is 0 Å². The highest BCUT2D eigenvalue weighted by atomic mass is 15.4. The van der Waals surface area contributed by atoms with E-state index < -0.39 is 0 Å². The maximum atomic E-state index is 2.60. The van der Waals surface area contributed by atoms with E-state index >= 15 is 0 Å². The zero-order valence-electron chi connectivity index (χ0n) is 13.0. The molecule has 3 nitrogen and oxygen atoms in total. The molecule has 0 amide bonds. The van der Waals surface area contributed by atoms with Crippen LogP contribution in [-0.4, -0.2) is 60.1 Å². The number of amidine groups is 1. The predicted molar refractivity (Wildman–Crippen MR) is 83.3 cm³/mol. The van der Waals surface area contributed by atoms with Crippen LogP contribution in [0.4, 0.5) is 0 Å². The van der Waals surface area contributed by atoms with Crippen molar-refractivity contribution in [3.63, 3.8) is 0 Å². The van der Waals surface area contributed by atoms with Gasteiger partial charge in [-0.1, -0.05) is 18.2 Å². The summed E-state index contributed by atoms with van der Waals surface area (Å²) < 4.78 is 2.60. The molecule has 0 bridgehead atoms. The molecule has 108 valence electrons. The van der Waals surface area contributed by atoms with Crippen molar-refractivity contribution in [3.05, 3.63) is 35.4 Å². The fourth-order valence-corrected chi connectivity index (χ4v) is 3.62. The Kier molecular flexibility index (Phi) is 3.79. The molecule has 1 aromatic rings. The summed E-state index contributed by atoms with van der Waals surface area (Å²) in [6, 6.07) is 8.96. The van der Waals surface area contributed by atoms with Crippen molar-refractivity contribution < 1.29 is 4.58 Å². The van der Waals surface area contributed by atoms with Gasteiger partial charge < -0.3 is 0 Å². The Hall–Kier alpha value is -1.35. The molecule has 0 aromatic heterocycles. The molecule has 1 fully saturated rings. The molecule has 2 aliphatic heterocycles. The largest absolute Gasteiger partial charge is 0.280 e. The predicted octanol–water partition coefficient (Wildman–Crippen LogP) is 2.01. The molecule has 1 saturated heterocycles. The molecule has 0 N–H and O–H groups in total. The fourth-order valence-electron chi connectivity index (χ4n) is 3.62. The second-order valence-corrected chi connectivity index (χ2v) is 6.11. The lowest BCUT2D eigenvalue weighted by molar-refractivity contribution is -0.511. The quantitative estimate of drug-likeness (QED) is 0.762. The van der Waals surface area contributed by atoms with Gasteiger partial charge in [0, 0.05) is 6.42 Å². The molecule has 1 atom stereocenters. The molecule has 1 unspecified atom stereocenters. The van der Waals surface area contributed by atoms with Gasteiger partial charge in [-0.25, -0.2) is 4.90 Å². The SMILES string of the molecule is CCN1C(=[N+]2CCCC2)c2ccccc2CC1N(C)C. The summed E-state index contributed by atoms with van der Waals surface area (Å²) in [6.45, 7) is 5.77. The van der Waals surface area contributed by atoms with Crippen molar-refractivity contribution in [2.24, 2.45) is 0 Å². The van der Waals surface area contributed by atoms with Crippen LogP contribution < -0.4 is 0 Å². The number of fused-ring (bicyclic) bond motifs is 1. The van der Waals surface area contributed by atoms with Crippen LogP contribution in [0.5, 0.6) is 0 Å². The normalized spacial score (nSPS) is 22.6. The molecule has 2 heterocycles. The van der Waals surface area contributed by atoms with E-state index in [2.05, 4.69) is 59.7 Å². The Balaban J connectivity index is 2.14. The van der Waals surface area contributed by atoms with Crippen LogP contribution in [0.3, 0.4) is 0 Å². The minimum absolute atomic E-state index is 0.477. The first-order valence-electron chi connectivity index (χ1n) is 7.85. The molecule has 0 radical (unpaired) electrons. The summed E-state index contributed by atoms with van der Waals surface area (Å²) in [4.78, 5) is 4.95. The lowest BCUT2D eigenvalue weighted by atomic mass is 9.95. The van der Waals surface area contributed by atoms with E-state index in [-0.39, 0.29) is 0 Å². The third-order valence-electron chi connectivity index (χ3n) is 4.63. The van der Waals surface area contributed by atoms with E-state index in [4.69, 9.17) is 0 Å². The maximum Gasteiger partial charge on any atom is 0.280 e. The topological polar surface area (TPSA) is 9.49 Å². The third kappa shape index (κ3) is 2.24. The standard InChI is InChI=1S/C17H26N3/c1-4-20-16(18(2)3)13-14-9-5-6-10-15(14)17(20)19-11-7-8-12-19/h5-6,9-10,16H,4,7-8,11-13H2,1-3H3/q+1. The summed E-state index contributed by atoms with van der Waals surface area (Å²) in [5, 5.41) is 0. The molecular formula is C17H26N3+. The highest BCUT2D eigenvalue weighted by Crippen LogP contribution is 2.25. The summed E-state index contributed by atoms with van der Waals surface area (Å²) in [7, 11) is 4.39. The van der Waals surface area contributed by atoms with Gasteiger partial charge in [-0.15, -0.1) is 0 Å². The highest BCUT2D eigenvalue weighted by molar-refractivity contribution is 5.97. The van der Waals surface area contributed by atoms with Crippen molar-refractivity contribution >= 4 is 5.84 Å². The van der Waals surface area contributed by atoms with Crippen LogP contribution in [0.15, 0.2) is 24.3 Å². The van der Waals surface area contributed by atoms with Gasteiger partial charge in [0.15, 0.2) is 6.17 Å². The van der Waals surface area contributed by atoms with Crippen molar-refractivity contribution in [1.29, 1.82) is 0 Å². The van der Waals surface area contributed by atoms with E-state index in [9.17, 15) is 0 Å². The van der Waals surface area contributed by atoms with Crippen LogP contribution in [0, 0.1) is 0 Å². The smallest absolute Gasteiger partial charge is 0.271 e. The van der Waals surface area contributed by atoms with Gasteiger partial charge in [0.25, 0.3) is 5.84 Å². The van der Waals surface area contributed by atoms with E-state index in [1.165, 1.54) is 42.9 Å². The molecule has 0 spiro atoms. The molecule has 0 saturated carbocycles. The molecule has 2 aliphatic rings. The number of nitrogens with zero attached hydrogens (tertiary/aromatic N) is 3. The van der Waals surface area contributed by atoms with Crippen molar-refractivity contribution in [1.82, 2.24) is 9.80 Å². The van der Waals surface area contributed by atoms with Crippen LogP contribution >= 0.6 is 0 Å². The zero-order chi connectivity index (χ0) is 14.1. The maximum absolute atomic E-state index is 2.60. The number of hydrogen-bond donors (Lipinski definition) is 0. The second kappa shape index (κ2) is 5.57. The van der Waals surface area contributed by atoms with E-state index in [0.29, 0.717) is 6.17 Å². The van der Waals surface area contributed by atoms with Crippen LogP contribution in [0.2, 0.25) is 0 Å². The van der Waals surface area contributed by atoms with Crippen molar-refractivity contribution in [3.8, 4) is 0 Å². The average molecular weight is 272 g/mol. The molecule has 0 aliphatic carbocycles. The number of likely N-dealkylation sites (N-methyl/N-ethyl adjacent to an activating group) is 2. The molecule has 1 aromatic carbocycles. The van der Waals surface area contributed by atoms with Crippen molar-refractivity contribution in [2.45, 2.75) is 32.4 Å². The van der Waals surface area contributed by atoms with Gasteiger partial charge in [0.05, 0.1) is 25.2 Å². The highest BCUT2D eigenvalue weighted by Gasteiger charge is 2.38. The first kappa shape index (κ1) is 13.6. The second-order valence-electron chi connectivity index (χ2n) is 6.11. The Labute approximate surface area is 122 Å². The summed E-state index contributed by atoms with van der Waals surface area (Å²) in [5.41, 5.74) is 2.95. The van der Waals surface area contributed by atoms with Gasteiger partial charge >= 0.3 is 0 Å². The molecule has 3 rings (SSSR count). The first-order valence-corrected chi connectivity index (χ1v) is 7.85. The van der Waals surface area contributed by atoms with E-state index in [0.717, 1.165) is 13.0 Å². The number of rotatable bonds is 2. The van der Waals surface area contributed by atoms with Crippen LogP contribution in [0.25, 0.3) is 0 Å². The minimum Gasteiger partial charge on any atom is -0.271 e. The molecule has 20 heavy (non-hydrogen) atoms. The Morgan fingerprint density at radius 2 is 1.90 bits per heavy atom. The van der Waals surface area contributed by atoms with Crippen LogP contribution in [0.1, 0.15) is 30.9 Å². The number of benzene rings is 1. The van der Waals surface area contributed by atoms with Gasteiger partial charge in [0.1, 0.15) is 0 Å². The Bertz CT molecular complexity index is 511. The monoisotopic (exact) mass is 272 g/mol. The van der Waals surface area contributed by atoms with E-state index in [1.54, 1.807) is 0 Å². The average Bonchev–Trinajstić information content (AvgIpc) is 2.98. The number of hydrogen-bond acceptors (Lipinski definition) is 1. The summed E-state index contributed by atoms with van der Waals surface area (Å²) >= 11 is 0. The summed E-state index contributed by atoms with van der Waals surface area (Å²) in [5.74, 6) is 1.46. The van der Waals surface area contributed by atoms with Gasteiger partial charge in [-0.05, 0) is 45.5 Å². The zero-order valence-corrected chi connectivity index (χ0v) is 13.0. The lowest BCUT2D eigenvalue weighted by Crippen LogP contribution is -2.55. The van der Waals surface area contributed by atoms with Gasteiger partial charge in [-0.2, -0.15) is 0 Å². The van der Waals surface area contributed by atoms with Crippen LogP contribution in [-0.2, 0) is 6.42 Å². The van der Waals surface area contributed by atoms with Gasteiger partial charge in [-0.3, -0.25) is 9.48 Å². The molecule has 3 heteroatoms. The first-order chi connectivity index (χ1) is 9.72.